The van der Waals surface area contributed by atoms with Crippen LogP contribution in [-0.2, 0) is 17.9 Å². The van der Waals surface area contributed by atoms with Gasteiger partial charge in [-0.2, -0.15) is 0 Å². The zero-order valence-electron chi connectivity index (χ0n) is 10.6. The van der Waals surface area contributed by atoms with Crippen molar-refractivity contribution >= 4 is 11.9 Å². The first-order chi connectivity index (χ1) is 9.54. The van der Waals surface area contributed by atoms with Crippen molar-refractivity contribution in [3.8, 4) is 0 Å². The Kier molecular flexibility index (Phi) is 3.99. The SMILES string of the molecule is Cc1nccc(CNC(=O)Cn2cc(C(=O)O)nn2)n1. The number of carbonyl (C=O) groups is 2. The summed E-state index contributed by atoms with van der Waals surface area (Å²) in [6, 6.07) is 1.70. The van der Waals surface area contributed by atoms with Crippen LogP contribution in [0.2, 0.25) is 0 Å². The second-order valence-electron chi connectivity index (χ2n) is 3.98. The molecule has 0 unspecified atom stereocenters. The van der Waals surface area contributed by atoms with Gasteiger partial charge in [0.15, 0.2) is 5.69 Å². The molecule has 1 amide bonds. The van der Waals surface area contributed by atoms with Crippen molar-refractivity contribution in [3.05, 3.63) is 35.7 Å². The highest BCUT2D eigenvalue weighted by Gasteiger charge is 2.10. The highest BCUT2D eigenvalue weighted by Crippen LogP contribution is 1.95. The minimum atomic E-state index is -1.19. The molecular weight excluding hydrogens is 264 g/mol. The average molecular weight is 276 g/mol. The molecule has 2 aromatic rings. The largest absolute Gasteiger partial charge is 0.476 e. The van der Waals surface area contributed by atoms with Gasteiger partial charge in [0.2, 0.25) is 5.91 Å². The molecule has 2 heterocycles. The third kappa shape index (κ3) is 3.57. The van der Waals surface area contributed by atoms with Crippen molar-refractivity contribution in [1.29, 1.82) is 0 Å². The fraction of sp³-hybridized carbons (Fsp3) is 0.273. The lowest BCUT2D eigenvalue weighted by Crippen LogP contribution is -2.27. The lowest BCUT2D eigenvalue weighted by Gasteiger charge is -2.04. The normalized spacial score (nSPS) is 10.2. The monoisotopic (exact) mass is 276 g/mol. The fourth-order valence-electron chi connectivity index (χ4n) is 1.47. The van der Waals surface area contributed by atoms with Gasteiger partial charge < -0.3 is 10.4 Å². The zero-order chi connectivity index (χ0) is 14.5. The van der Waals surface area contributed by atoms with Crippen LogP contribution in [-0.4, -0.2) is 41.9 Å². The topological polar surface area (TPSA) is 123 Å². The summed E-state index contributed by atoms with van der Waals surface area (Å²) in [5.41, 5.74) is 0.486. The number of nitrogens with zero attached hydrogens (tertiary/aromatic N) is 5. The van der Waals surface area contributed by atoms with Gasteiger partial charge in [0.05, 0.1) is 18.4 Å². The van der Waals surface area contributed by atoms with Gasteiger partial charge in [0.25, 0.3) is 0 Å². The fourth-order valence-corrected chi connectivity index (χ4v) is 1.47. The molecule has 2 N–H and O–H groups in total. The van der Waals surface area contributed by atoms with E-state index in [-0.39, 0.29) is 24.7 Å². The van der Waals surface area contributed by atoms with E-state index in [1.165, 1.54) is 6.20 Å². The molecule has 9 heteroatoms. The number of carboxylic acid groups (broad SMARTS) is 1. The van der Waals surface area contributed by atoms with Crippen LogP contribution in [0, 0.1) is 6.92 Å². The Balaban J connectivity index is 1.87. The van der Waals surface area contributed by atoms with Crippen LogP contribution in [0.3, 0.4) is 0 Å². The molecule has 0 aliphatic carbocycles. The number of aryl methyl sites for hydroxylation is 1. The zero-order valence-corrected chi connectivity index (χ0v) is 10.6. The summed E-state index contributed by atoms with van der Waals surface area (Å²) >= 11 is 0. The first-order valence-electron chi connectivity index (χ1n) is 5.73. The van der Waals surface area contributed by atoms with E-state index in [0.29, 0.717) is 11.5 Å². The molecule has 20 heavy (non-hydrogen) atoms. The van der Waals surface area contributed by atoms with Crippen LogP contribution < -0.4 is 5.32 Å². The maximum absolute atomic E-state index is 11.7. The van der Waals surface area contributed by atoms with E-state index >= 15 is 0 Å². The lowest BCUT2D eigenvalue weighted by molar-refractivity contribution is -0.122. The number of carbonyl (C=O) groups excluding carboxylic acids is 1. The molecule has 0 spiro atoms. The second kappa shape index (κ2) is 5.87. The second-order valence-corrected chi connectivity index (χ2v) is 3.98. The Morgan fingerprint density at radius 2 is 2.25 bits per heavy atom. The Morgan fingerprint density at radius 1 is 1.45 bits per heavy atom. The molecule has 0 radical (unpaired) electrons. The van der Waals surface area contributed by atoms with Crippen LogP contribution >= 0.6 is 0 Å². The van der Waals surface area contributed by atoms with Gasteiger partial charge >= 0.3 is 5.97 Å². The summed E-state index contributed by atoms with van der Waals surface area (Å²) < 4.78 is 1.16. The van der Waals surface area contributed by atoms with Crippen molar-refractivity contribution in [2.45, 2.75) is 20.0 Å². The van der Waals surface area contributed by atoms with Crippen LogP contribution in [0.25, 0.3) is 0 Å². The number of aromatic carboxylic acids is 1. The smallest absolute Gasteiger partial charge is 0.358 e. The van der Waals surface area contributed by atoms with Crippen molar-refractivity contribution in [2.24, 2.45) is 0 Å². The van der Waals surface area contributed by atoms with Gasteiger partial charge in [-0.15, -0.1) is 5.10 Å². The number of aromatic nitrogens is 5. The van der Waals surface area contributed by atoms with E-state index in [0.717, 1.165) is 4.68 Å². The molecule has 9 nitrogen and oxygen atoms in total. The minimum Gasteiger partial charge on any atom is -0.476 e. The van der Waals surface area contributed by atoms with Crippen LogP contribution in [0.4, 0.5) is 0 Å². The lowest BCUT2D eigenvalue weighted by atomic mass is 10.4. The predicted molar refractivity (Wildman–Crippen MR) is 65.6 cm³/mol. The van der Waals surface area contributed by atoms with Crippen LogP contribution in [0.1, 0.15) is 22.0 Å². The van der Waals surface area contributed by atoms with Gasteiger partial charge in [0.1, 0.15) is 12.4 Å². The predicted octanol–water partition coefficient (Wildman–Crippen LogP) is -0.609. The summed E-state index contributed by atoms with van der Waals surface area (Å²) in [4.78, 5) is 30.4. The first kappa shape index (κ1) is 13.6. The van der Waals surface area contributed by atoms with E-state index in [4.69, 9.17) is 5.11 Å². The Labute approximate surface area is 113 Å². The van der Waals surface area contributed by atoms with Gasteiger partial charge in [-0.3, -0.25) is 4.79 Å². The van der Waals surface area contributed by atoms with Crippen molar-refractivity contribution in [1.82, 2.24) is 30.3 Å². The first-order valence-corrected chi connectivity index (χ1v) is 5.73. The van der Waals surface area contributed by atoms with Crippen LogP contribution in [0.15, 0.2) is 18.5 Å². The molecule has 0 saturated carbocycles. The minimum absolute atomic E-state index is 0.107. The Hall–Kier alpha value is -2.84. The molecule has 0 aliphatic heterocycles. The molecule has 0 aromatic carbocycles. The molecule has 0 bridgehead atoms. The van der Waals surface area contributed by atoms with Gasteiger partial charge in [0, 0.05) is 6.20 Å². The van der Waals surface area contributed by atoms with E-state index < -0.39 is 5.97 Å². The molecule has 2 aromatic heterocycles. The van der Waals surface area contributed by atoms with E-state index in [9.17, 15) is 9.59 Å². The van der Waals surface area contributed by atoms with Crippen molar-refractivity contribution in [3.63, 3.8) is 0 Å². The molecule has 2 rings (SSSR count). The summed E-state index contributed by atoms with van der Waals surface area (Å²) in [6.07, 6.45) is 2.80. The van der Waals surface area contributed by atoms with Gasteiger partial charge in [-0.05, 0) is 13.0 Å². The molecule has 0 atom stereocenters. The number of hydrogen-bond acceptors (Lipinski definition) is 6. The van der Waals surface area contributed by atoms with Crippen LogP contribution in [0.5, 0.6) is 0 Å². The number of rotatable bonds is 5. The average Bonchev–Trinajstić information content (AvgIpc) is 2.85. The molecule has 0 saturated heterocycles. The molecule has 0 aliphatic rings. The third-order valence-corrected chi connectivity index (χ3v) is 2.36. The van der Waals surface area contributed by atoms with E-state index in [1.54, 1.807) is 19.2 Å². The summed E-state index contributed by atoms with van der Waals surface area (Å²) in [6.45, 7) is 1.92. The van der Waals surface area contributed by atoms with Gasteiger partial charge in [-0.25, -0.2) is 19.4 Å². The van der Waals surface area contributed by atoms with Crippen molar-refractivity contribution < 1.29 is 14.7 Å². The Morgan fingerprint density at radius 3 is 2.90 bits per heavy atom. The standard InChI is InChI=1S/C11H12N6O3/c1-7-12-3-2-8(14-7)4-13-10(18)6-17-5-9(11(19)20)15-16-17/h2-3,5H,4,6H2,1H3,(H,13,18)(H,19,20). The number of amides is 1. The summed E-state index contributed by atoms with van der Waals surface area (Å²) in [7, 11) is 0. The maximum atomic E-state index is 11.7. The maximum Gasteiger partial charge on any atom is 0.358 e. The van der Waals surface area contributed by atoms with E-state index in [1.807, 2.05) is 0 Å². The molecular formula is C11H12N6O3. The van der Waals surface area contributed by atoms with Gasteiger partial charge in [-0.1, -0.05) is 5.21 Å². The highest BCUT2D eigenvalue weighted by atomic mass is 16.4. The number of hydrogen-bond donors (Lipinski definition) is 2. The number of nitrogens with one attached hydrogen (secondary N) is 1. The number of carboxylic acids is 1. The van der Waals surface area contributed by atoms with Crippen molar-refractivity contribution in [2.75, 3.05) is 0 Å². The summed E-state index contributed by atoms with van der Waals surface area (Å²) in [5.74, 6) is -0.879. The Bertz CT molecular complexity index is 639. The summed E-state index contributed by atoms with van der Waals surface area (Å²) in [5, 5.41) is 18.3. The quantitative estimate of drug-likeness (QED) is 0.746. The molecule has 104 valence electrons. The highest BCUT2D eigenvalue weighted by molar-refractivity contribution is 5.84. The third-order valence-electron chi connectivity index (χ3n) is 2.36. The van der Waals surface area contributed by atoms with E-state index in [2.05, 4.69) is 25.6 Å². The molecule has 0 fully saturated rings.